The molecular formula is C19H26N2O4. The first-order valence-electron chi connectivity index (χ1n) is 8.71. The first-order valence-corrected chi connectivity index (χ1v) is 8.71. The molecule has 2 amide bonds. The number of rotatable bonds is 7. The Hall–Kier alpha value is -2.37. The quantitative estimate of drug-likeness (QED) is 0.822. The summed E-state index contributed by atoms with van der Waals surface area (Å²) >= 11 is 0. The molecule has 6 heteroatoms. The second-order valence-corrected chi connectivity index (χ2v) is 6.65. The highest BCUT2D eigenvalue weighted by molar-refractivity contribution is 5.91. The fourth-order valence-corrected chi connectivity index (χ4v) is 3.23. The molecule has 0 saturated carbocycles. The van der Waals surface area contributed by atoms with Crippen molar-refractivity contribution in [3.8, 4) is 0 Å². The van der Waals surface area contributed by atoms with E-state index in [-0.39, 0.29) is 36.9 Å². The maximum absolute atomic E-state index is 12.8. The van der Waals surface area contributed by atoms with Crippen molar-refractivity contribution in [1.82, 2.24) is 9.80 Å². The van der Waals surface area contributed by atoms with Crippen LogP contribution in [0, 0.1) is 5.92 Å². The second-order valence-electron chi connectivity index (χ2n) is 6.65. The smallest absolute Gasteiger partial charge is 0.323 e. The third-order valence-electron chi connectivity index (χ3n) is 4.97. The van der Waals surface area contributed by atoms with Crippen LogP contribution in [-0.4, -0.2) is 51.8 Å². The molecule has 0 radical (unpaired) electrons. The number of nitrogens with zero attached hydrogens (tertiary/aromatic N) is 2. The van der Waals surface area contributed by atoms with Crippen molar-refractivity contribution in [2.75, 3.05) is 13.1 Å². The van der Waals surface area contributed by atoms with E-state index < -0.39 is 11.9 Å². The van der Waals surface area contributed by atoms with Crippen LogP contribution in [-0.2, 0) is 14.4 Å². The van der Waals surface area contributed by atoms with Crippen LogP contribution in [0.25, 0.3) is 0 Å². The van der Waals surface area contributed by atoms with E-state index in [9.17, 15) is 14.4 Å². The Morgan fingerprint density at radius 1 is 1.28 bits per heavy atom. The Morgan fingerprint density at radius 2 is 1.92 bits per heavy atom. The van der Waals surface area contributed by atoms with Gasteiger partial charge in [0.1, 0.15) is 6.54 Å². The van der Waals surface area contributed by atoms with Crippen molar-refractivity contribution < 1.29 is 19.5 Å². The van der Waals surface area contributed by atoms with Gasteiger partial charge in [-0.25, -0.2) is 0 Å². The van der Waals surface area contributed by atoms with E-state index in [4.69, 9.17) is 5.11 Å². The van der Waals surface area contributed by atoms with Gasteiger partial charge in [0.25, 0.3) is 0 Å². The molecule has 3 atom stereocenters. The van der Waals surface area contributed by atoms with Gasteiger partial charge in [-0.1, -0.05) is 37.3 Å². The molecule has 136 valence electrons. The van der Waals surface area contributed by atoms with Crippen LogP contribution in [0.5, 0.6) is 0 Å². The molecule has 2 rings (SSSR count). The maximum Gasteiger partial charge on any atom is 0.323 e. The standard InChI is InChI=1S/C19H26N2O4/c1-4-13(2)20(12-18(23)24)19(25)16-10-17(22)21(11-16)14(3)15-8-6-5-7-9-15/h5-9,13-14,16H,4,10-12H2,1-3H3,(H,23,24). The molecule has 0 aliphatic carbocycles. The lowest BCUT2D eigenvalue weighted by molar-refractivity contribution is -0.148. The van der Waals surface area contributed by atoms with Gasteiger partial charge in [0.2, 0.25) is 11.8 Å². The highest BCUT2D eigenvalue weighted by Gasteiger charge is 2.39. The molecule has 25 heavy (non-hydrogen) atoms. The molecule has 0 bridgehead atoms. The maximum atomic E-state index is 12.8. The number of carbonyl (C=O) groups excluding carboxylic acids is 2. The van der Waals surface area contributed by atoms with E-state index in [1.807, 2.05) is 51.1 Å². The van der Waals surface area contributed by atoms with Gasteiger partial charge in [-0.05, 0) is 25.8 Å². The summed E-state index contributed by atoms with van der Waals surface area (Å²) in [6.07, 6.45) is 0.812. The van der Waals surface area contributed by atoms with Crippen LogP contribution in [0.15, 0.2) is 30.3 Å². The van der Waals surface area contributed by atoms with Crippen molar-refractivity contribution in [2.45, 2.75) is 45.7 Å². The zero-order valence-electron chi connectivity index (χ0n) is 15.0. The van der Waals surface area contributed by atoms with Crippen molar-refractivity contribution in [2.24, 2.45) is 5.92 Å². The number of hydrogen-bond acceptors (Lipinski definition) is 3. The molecule has 1 heterocycles. The van der Waals surface area contributed by atoms with E-state index >= 15 is 0 Å². The lowest BCUT2D eigenvalue weighted by Gasteiger charge is -2.30. The summed E-state index contributed by atoms with van der Waals surface area (Å²) in [5.74, 6) is -1.82. The number of carboxylic acid groups (broad SMARTS) is 1. The van der Waals surface area contributed by atoms with Gasteiger partial charge in [-0.15, -0.1) is 0 Å². The molecule has 1 aliphatic heterocycles. The van der Waals surface area contributed by atoms with Gasteiger partial charge in [0.15, 0.2) is 0 Å². The number of likely N-dealkylation sites (tertiary alicyclic amines) is 1. The Kier molecular flexibility index (Phi) is 6.17. The second kappa shape index (κ2) is 8.14. The highest BCUT2D eigenvalue weighted by atomic mass is 16.4. The number of aliphatic carboxylic acids is 1. The van der Waals surface area contributed by atoms with E-state index in [1.54, 1.807) is 4.90 Å². The Bertz CT molecular complexity index is 632. The van der Waals surface area contributed by atoms with Gasteiger partial charge >= 0.3 is 5.97 Å². The molecule has 1 aromatic carbocycles. The van der Waals surface area contributed by atoms with Gasteiger partial charge in [-0.2, -0.15) is 0 Å². The molecule has 3 unspecified atom stereocenters. The molecule has 1 fully saturated rings. The average Bonchev–Trinajstić information content (AvgIpc) is 3.00. The van der Waals surface area contributed by atoms with Crippen LogP contribution >= 0.6 is 0 Å². The van der Waals surface area contributed by atoms with Crippen molar-refractivity contribution in [1.29, 1.82) is 0 Å². The molecule has 0 spiro atoms. The fraction of sp³-hybridized carbons (Fsp3) is 0.526. The fourth-order valence-electron chi connectivity index (χ4n) is 3.23. The van der Waals surface area contributed by atoms with Crippen molar-refractivity contribution >= 4 is 17.8 Å². The first-order chi connectivity index (χ1) is 11.8. The summed E-state index contributed by atoms with van der Waals surface area (Å²) < 4.78 is 0. The Labute approximate surface area is 148 Å². The van der Waals surface area contributed by atoms with E-state index in [2.05, 4.69) is 0 Å². The zero-order valence-corrected chi connectivity index (χ0v) is 15.0. The summed E-state index contributed by atoms with van der Waals surface area (Å²) in [5.41, 5.74) is 1.02. The van der Waals surface area contributed by atoms with Gasteiger partial charge < -0.3 is 14.9 Å². The first kappa shape index (κ1) is 19.0. The number of benzene rings is 1. The number of amides is 2. The number of hydrogen-bond donors (Lipinski definition) is 1. The minimum Gasteiger partial charge on any atom is -0.480 e. The average molecular weight is 346 g/mol. The summed E-state index contributed by atoms with van der Waals surface area (Å²) in [6, 6.07) is 9.41. The van der Waals surface area contributed by atoms with Gasteiger partial charge in [-0.3, -0.25) is 14.4 Å². The van der Waals surface area contributed by atoms with Gasteiger partial charge in [0.05, 0.1) is 12.0 Å². The molecular weight excluding hydrogens is 320 g/mol. The van der Waals surface area contributed by atoms with Gasteiger partial charge in [0, 0.05) is 19.0 Å². The Morgan fingerprint density at radius 3 is 2.48 bits per heavy atom. The van der Waals surface area contributed by atoms with Crippen LogP contribution < -0.4 is 0 Å². The predicted octanol–water partition coefficient (Wildman–Crippen LogP) is 2.31. The van der Waals surface area contributed by atoms with Crippen LogP contribution in [0.1, 0.15) is 45.2 Å². The molecule has 1 saturated heterocycles. The Balaban J connectivity index is 2.12. The van der Waals surface area contributed by atoms with Crippen molar-refractivity contribution in [3.63, 3.8) is 0 Å². The molecule has 6 nitrogen and oxygen atoms in total. The monoisotopic (exact) mass is 346 g/mol. The van der Waals surface area contributed by atoms with Crippen LogP contribution in [0.4, 0.5) is 0 Å². The predicted molar refractivity (Wildman–Crippen MR) is 93.8 cm³/mol. The lowest BCUT2D eigenvalue weighted by atomic mass is 10.0. The van der Waals surface area contributed by atoms with E-state index in [0.717, 1.165) is 5.56 Å². The van der Waals surface area contributed by atoms with Crippen LogP contribution in [0.3, 0.4) is 0 Å². The summed E-state index contributed by atoms with van der Waals surface area (Å²) in [6.45, 7) is 5.70. The normalized spacial score (nSPS) is 19.6. The largest absolute Gasteiger partial charge is 0.480 e. The molecule has 1 aliphatic rings. The molecule has 0 aromatic heterocycles. The number of carboxylic acids is 1. The molecule has 1 aromatic rings. The van der Waals surface area contributed by atoms with Crippen molar-refractivity contribution in [3.05, 3.63) is 35.9 Å². The van der Waals surface area contributed by atoms with E-state index in [1.165, 1.54) is 4.90 Å². The van der Waals surface area contributed by atoms with E-state index in [0.29, 0.717) is 13.0 Å². The highest BCUT2D eigenvalue weighted by Crippen LogP contribution is 2.29. The van der Waals surface area contributed by atoms with Crippen LogP contribution in [0.2, 0.25) is 0 Å². The minimum absolute atomic E-state index is 0.0610. The number of carbonyl (C=O) groups is 3. The summed E-state index contributed by atoms with van der Waals surface area (Å²) in [7, 11) is 0. The third kappa shape index (κ3) is 4.38. The topological polar surface area (TPSA) is 77.9 Å². The zero-order chi connectivity index (χ0) is 18.6. The third-order valence-corrected chi connectivity index (χ3v) is 4.97. The SMILES string of the molecule is CCC(C)N(CC(=O)O)C(=O)C1CC(=O)N(C(C)c2ccccc2)C1. The minimum atomic E-state index is -1.03. The summed E-state index contributed by atoms with van der Waals surface area (Å²) in [5, 5.41) is 9.09. The summed E-state index contributed by atoms with van der Waals surface area (Å²) in [4.78, 5) is 39.4. The molecule has 1 N–H and O–H groups in total. The lowest BCUT2D eigenvalue weighted by Crippen LogP contribution is -2.45.